The van der Waals surface area contributed by atoms with E-state index in [1.54, 1.807) is 20.8 Å². The van der Waals surface area contributed by atoms with Crippen LogP contribution in [0.3, 0.4) is 0 Å². The first-order chi connectivity index (χ1) is 26.7. The third-order valence-electron chi connectivity index (χ3n) is 11.8. The van der Waals surface area contributed by atoms with Crippen molar-refractivity contribution in [2.75, 3.05) is 19.6 Å². The molecule has 4 heterocycles. The van der Waals surface area contributed by atoms with Crippen LogP contribution in [0.1, 0.15) is 107 Å². The second-order valence-corrected chi connectivity index (χ2v) is 16.6. The summed E-state index contributed by atoms with van der Waals surface area (Å²) in [5.41, 5.74) is 3.15. The number of carbonyl (C=O) groups is 7. The van der Waals surface area contributed by atoms with Crippen molar-refractivity contribution in [3.63, 3.8) is 0 Å². The Morgan fingerprint density at radius 1 is 0.912 bits per heavy atom. The van der Waals surface area contributed by atoms with Crippen molar-refractivity contribution in [2.24, 2.45) is 17.8 Å². The third-order valence-corrected chi connectivity index (χ3v) is 11.8. The molecule has 0 aliphatic carbocycles. The minimum atomic E-state index is -2.62. The molecule has 0 radical (unpaired) electrons. The topological polar surface area (TPSA) is 257 Å². The number of hydrogen-bond acceptors (Lipinski definition) is 13. The zero-order chi connectivity index (χ0) is 42.4. The van der Waals surface area contributed by atoms with E-state index in [2.05, 4.69) is 46.0 Å². The Hall–Kier alpha value is -3.91. The summed E-state index contributed by atoms with van der Waals surface area (Å²) in [5.74, 6) is -8.37. The van der Waals surface area contributed by atoms with Crippen LogP contribution in [-0.4, -0.2) is 135 Å². The highest BCUT2D eigenvalue weighted by molar-refractivity contribution is 5.97. The summed E-state index contributed by atoms with van der Waals surface area (Å²) >= 11 is 0. The van der Waals surface area contributed by atoms with Gasteiger partial charge in [0.1, 0.15) is 36.3 Å². The standard InChI is InChI=1S/C38H64N8O11/c1-9-21(4)18-25-14-15-38(55,57-24(25)7)37(8,54)36(53)44-29-30(20(2)3)56-35(52)23(6)43-32(49)26-12-10-16-40-45(26)28(47)19-39-31(48)22(5)42-33(50)27-13-11-17-41-46(27)34(29)51/h20-27,29-30,40-41,54-55H,9-19H2,1-8H3,(H,39,48)(H,42,50)(H,43,49)(H,44,53)/t21-,22-,23+,24+,25+,26-,27+,29-,30-,37+,38+/m0/s1. The Labute approximate surface area is 334 Å². The van der Waals surface area contributed by atoms with Crippen LogP contribution in [0.5, 0.6) is 0 Å². The predicted molar refractivity (Wildman–Crippen MR) is 204 cm³/mol. The van der Waals surface area contributed by atoms with Gasteiger partial charge in [0, 0.05) is 19.5 Å². The van der Waals surface area contributed by atoms with Gasteiger partial charge in [-0.15, -0.1) is 0 Å². The van der Waals surface area contributed by atoms with Gasteiger partial charge < -0.3 is 41.0 Å². The molecule has 0 spiro atoms. The highest BCUT2D eigenvalue weighted by atomic mass is 16.6. The number of carbonyl (C=O) groups excluding carboxylic acids is 7. The maximum Gasteiger partial charge on any atom is 0.328 e. The van der Waals surface area contributed by atoms with Crippen molar-refractivity contribution >= 4 is 41.4 Å². The van der Waals surface area contributed by atoms with E-state index in [4.69, 9.17) is 9.47 Å². The van der Waals surface area contributed by atoms with E-state index in [0.717, 1.165) is 29.8 Å². The minimum absolute atomic E-state index is 0.0685. The number of hydrazine groups is 2. The van der Waals surface area contributed by atoms with E-state index in [1.165, 1.54) is 13.8 Å². The lowest BCUT2D eigenvalue weighted by atomic mass is 9.79. The number of nitrogens with zero attached hydrogens (tertiary/aromatic N) is 2. The Morgan fingerprint density at radius 3 is 2.07 bits per heavy atom. The van der Waals surface area contributed by atoms with Gasteiger partial charge in [0.05, 0.1) is 12.6 Å². The molecule has 19 heteroatoms. The summed E-state index contributed by atoms with van der Waals surface area (Å²) in [6, 6.07) is -6.46. The number of cyclic esters (lactones) is 1. The molecule has 0 aromatic rings. The summed E-state index contributed by atoms with van der Waals surface area (Å²) in [4.78, 5) is 96.2. The van der Waals surface area contributed by atoms with Crippen molar-refractivity contribution < 1.29 is 53.2 Å². The van der Waals surface area contributed by atoms with Crippen molar-refractivity contribution in [1.82, 2.24) is 42.1 Å². The maximum absolute atomic E-state index is 14.7. The summed E-state index contributed by atoms with van der Waals surface area (Å²) in [6.45, 7) is 13.2. The van der Waals surface area contributed by atoms with Crippen molar-refractivity contribution in [1.29, 1.82) is 0 Å². The van der Waals surface area contributed by atoms with E-state index < -0.39 is 108 Å². The van der Waals surface area contributed by atoms with E-state index >= 15 is 0 Å². The molecule has 0 saturated carbocycles. The highest BCUT2D eigenvalue weighted by Gasteiger charge is 2.57. The second-order valence-electron chi connectivity index (χ2n) is 16.6. The first-order valence-electron chi connectivity index (χ1n) is 20.4. The van der Waals surface area contributed by atoms with Gasteiger partial charge >= 0.3 is 5.97 Å². The molecule has 6 amide bonds. The number of hydrogen-bond donors (Lipinski definition) is 8. The number of esters is 1. The number of fused-ring (bicyclic) bond motifs is 2. The monoisotopic (exact) mass is 808 g/mol. The molecule has 0 unspecified atom stereocenters. The molecule has 4 aliphatic heterocycles. The van der Waals surface area contributed by atoms with Crippen molar-refractivity contribution in [3.05, 3.63) is 0 Å². The average Bonchev–Trinajstić information content (AvgIpc) is 3.17. The van der Waals surface area contributed by atoms with Crippen LogP contribution in [0.2, 0.25) is 0 Å². The Morgan fingerprint density at radius 2 is 1.49 bits per heavy atom. The van der Waals surface area contributed by atoms with Gasteiger partial charge in [-0.2, -0.15) is 0 Å². The first-order valence-corrected chi connectivity index (χ1v) is 20.4. The molecule has 0 aromatic heterocycles. The number of ether oxygens (including phenoxy) is 2. The molecule has 0 bridgehead atoms. The van der Waals surface area contributed by atoms with Crippen molar-refractivity contribution in [3.8, 4) is 0 Å². The molecule has 4 aliphatic rings. The van der Waals surface area contributed by atoms with E-state index in [0.29, 0.717) is 31.7 Å². The molecule has 0 aromatic carbocycles. The van der Waals surface area contributed by atoms with E-state index in [-0.39, 0.29) is 31.7 Å². The Kier molecular flexibility index (Phi) is 15.4. The molecule has 57 heavy (non-hydrogen) atoms. The van der Waals surface area contributed by atoms with Gasteiger partial charge in [-0.1, -0.05) is 34.1 Å². The zero-order valence-corrected chi connectivity index (χ0v) is 34.5. The third kappa shape index (κ3) is 10.6. The van der Waals surface area contributed by atoms with E-state index in [9.17, 15) is 43.8 Å². The molecule has 8 N–H and O–H groups in total. The maximum atomic E-state index is 14.7. The van der Waals surface area contributed by atoms with Crippen molar-refractivity contribution in [2.45, 2.75) is 161 Å². The lowest BCUT2D eigenvalue weighted by molar-refractivity contribution is -0.326. The molecule has 11 atom stereocenters. The predicted octanol–water partition coefficient (Wildman–Crippen LogP) is -1.14. The van der Waals surface area contributed by atoms with E-state index in [1.807, 2.05) is 0 Å². The van der Waals surface area contributed by atoms with Crippen LogP contribution in [0.4, 0.5) is 0 Å². The number of nitrogens with one attached hydrogen (secondary N) is 6. The molecular formula is C38H64N8O11. The van der Waals surface area contributed by atoms with Gasteiger partial charge in [0.15, 0.2) is 5.60 Å². The van der Waals surface area contributed by atoms with Gasteiger partial charge in [-0.25, -0.2) is 15.6 Å². The highest BCUT2D eigenvalue weighted by Crippen LogP contribution is 2.40. The van der Waals surface area contributed by atoms with Crippen LogP contribution in [-0.2, 0) is 43.0 Å². The average molecular weight is 809 g/mol. The molecular weight excluding hydrogens is 744 g/mol. The molecule has 19 nitrogen and oxygen atoms in total. The summed E-state index contributed by atoms with van der Waals surface area (Å²) in [7, 11) is 0. The fraction of sp³-hybridized carbons (Fsp3) is 0.816. The Balaban J connectivity index is 1.71. The smallest absolute Gasteiger partial charge is 0.328 e. The molecule has 4 fully saturated rings. The van der Waals surface area contributed by atoms with Gasteiger partial charge in [0.2, 0.25) is 23.5 Å². The number of rotatable bonds is 7. The fourth-order valence-electron chi connectivity index (χ4n) is 7.75. The SMILES string of the molecule is CC[C@H](C)C[C@H]1CC[C@](O)([C@](C)(O)C(=O)N[C@@H]2C(=O)N3NCCC[C@@H]3C(=O)N[C@@H](C)C(=O)NCC(=O)N3NCCC[C@H]3C(=O)N[C@H](C)C(=O)O[C@H]2C(C)C)O[C@@H]1C. The fourth-order valence-corrected chi connectivity index (χ4v) is 7.75. The van der Waals surface area contributed by atoms with Crippen LogP contribution >= 0.6 is 0 Å². The second kappa shape index (κ2) is 19.2. The summed E-state index contributed by atoms with van der Waals surface area (Å²) in [5, 5.41) is 35.8. The van der Waals surface area contributed by atoms with Crippen LogP contribution in [0.15, 0.2) is 0 Å². The zero-order valence-electron chi connectivity index (χ0n) is 34.5. The van der Waals surface area contributed by atoms with Crippen LogP contribution in [0.25, 0.3) is 0 Å². The largest absolute Gasteiger partial charge is 0.458 e. The molecule has 322 valence electrons. The van der Waals surface area contributed by atoms with Gasteiger partial charge in [0.25, 0.3) is 17.7 Å². The lowest BCUT2D eigenvalue weighted by Crippen LogP contribution is -2.70. The number of aliphatic hydroxyl groups is 2. The van der Waals surface area contributed by atoms with Crippen LogP contribution < -0.4 is 32.1 Å². The molecule has 4 rings (SSSR count). The van der Waals surface area contributed by atoms with Crippen LogP contribution in [0, 0.1) is 17.8 Å². The van der Waals surface area contributed by atoms with Gasteiger partial charge in [-0.05, 0) is 84.0 Å². The quantitative estimate of drug-likeness (QED) is 0.142. The normalized spacial score (nSPS) is 34.5. The summed E-state index contributed by atoms with van der Waals surface area (Å²) < 4.78 is 11.9. The van der Waals surface area contributed by atoms with Gasteiger partial charge in [-0.3, -0.25) is 38.8 Å². The first kappa shape index (κ1) is 45.8. The lowest BCUT2D eigenvalue weighted by Gasteiger charge is -2.47. The Bertz CT molecular complexity index is 1510. The molecule has 4 saturated heterocycles. The summed E-state index contributed by atoms with van der Waals surface area (Å²) in [6.07, 6.45) is 1.57. The minimum Gasteiger partial charge on any atom is -0.458 e. The number of amides is 6.